The summed E-state index contributed by atoms with van der Waals surface area (Å²) in [5, 5.41) is 2.93. The molecule has 0 atom stereocenters. The molecule has 5 heteroatoms. The van der Waals surface area contributed by atoms with Crippen LogP contribution in [-0.4, -0.2) is 41.4 Å². The minimum Gasteiger partial charge on any atom is -0.353 e. The number of rotatable bonds is 3. The maximum atomic E-state index is 12.4. The Bertz CT molecular complexity index is 356. The fourth-order valence-electron chi connectivity index (χ4n) is 3.41. The first-order chi connectivity index (χ1) is 9.48. The number of carbonyl (C=O) groups excluding carboxylic acids is 2. The molecule has 114 valence electrons. The summed E-state index contributed by atoms with van der Waals surface area (Å²) in [6, 6.07) is 0.220. The Hall–Kier alpha value is -1.10. The zero-order chi connectivity index (χ0) is 14.6. The molecule has 3 N–H and O–H groups in total. The van der Waals surface area contributed by atoms with E-state index in [1.807, 2.05) is 4.90 Å². The summed E-state index contributed by atoms with van der Waals surface area (Å²) in [6.45, 7) is 3.01. The van der Waals surface area contributed by atoms with Crippen LogP contribution in [0, 0.1) is 0 Å². The molecule has 0 radical (unpaired) electrons. The highest BCUT2D eigenvalue weighted by atomic mass is 16.2. The summed E-state index contributed by atoms with van der Waals surface area (Å²) in [4.78, 5) is 25.3. The smallest absolute Gasteiger partial charge is 0.224 e. The summed E-state index contributed by atoms with van der Waals surface area (Å²) in [6.07, 6.45) is 7.67. The van der Waals surface area contributed by atoms with Gasteiger partial charge in [-0.15, -0.1) is 0 Å². The first kappa shape index (κ1) is 15.3. The predicted octanol–water partition coefficient (Wildman–Crippen LogP) is 1.17. The fraction of sp³-hybridized carbons (Fsp3) is 0.867. The summed E-state index contributed by atoms with van der Waals surface area (Å²) in [5.41, 5.74) is 6.08. The molecule has 2 fully saturated rings. The average molecular weight is 281 g/mol. The van der Waals surface area contributed by atoms with Crippen LogP contribution in [0.15, 0.2) is 0 Å². The van der Waals surface area contributed by atoms with E-state index in [9.17, 15) is 9.59 Å². The third-order valence-corrected chi connectivity index (χ3v) is 4.61. The van der Waals surface area contributed by atoms with Crippen molar-refractivity contribution in [2.45, 2.75) is 69.9 Å². The third-order valence-electron chi connectivity index (χ3n) is 4.61. The number of hydrogen-bond acceptors (Lipinski definition) is 3. The van der Waals surface area contributed by atoms with Gasteiger partial charge in [0.2, 0.25) is 11.8 Å². The van der Waals surface area contributed by atoms with E-state index in [0.717, 1.165) is 51.6 Å². The molecule has 0 bridgehead atoms. The standard InChI is InChI=1S/C15H27N3O2/c1-12(19)17-13-5-9-18(10-6-13)14(20)11-15(16)7-3-2-4-8-15/h13H,2-11,16H2,1H3,(H,17,19). The normalized spacial score (nSPS) is 23.4. The molecule has 0 aromatic rings. The van der Waals surface area contributed by atoms with Gasteiger partial charge < -0.3 is 16.0 Å². The maximum absolute atomic E-state index is 12.4. The third kappa shape index (κ3) is 4.20. The van der Waals surface area contributed by atoms with Gasteiger partial charge in [-0.1, -0.05) is 19.3 Å². The lowest BCUT2D eigenvalue weighted by Gasteiger charge is -2.37. The highest BCUT2D eigenvalue weighted by Crippen LogP contribution is 2.29. The minimum atomic E-state index is -0.274. The highest BCUT2D eigenvalue weighted by Gasteiger charge is 2.32. The number of carbonyl (C=O) groups is 2. The summed E-state index contributed by atoms with van der Waals surface area (Å²) in [5.74, 6) is 0.202. The van der Waals surface area contributed by atoms with Crippen molar-refractivity contribution < 1.29 is 9.59 Å². The van der Waals surface area contributed by atoms with Crippen molar-refractivity contribution in [3.8, 4) is 0 Å². The second-order valence-electron chi connectivity index (χ2n) is 6.46. The lowest BCUT2D eigenvalue weighted by molar-refractivity contribution is -0.134. The Morgan fingerprint density at radius 2 is 1.80 bits per heavy atom. The first-order valence-corrected chi connectivity index (χ1v) is 7.82. The molecule has 0 spiro atoms. The van der Waals surface area contributed by atoms with Crippen LogP contribution in [-0.2, 0) is 9.59 Å². The topological polar surface area (TPSA) is 75.4 Å². The van der Waals surface area contributed by atoms with Crippen molar-refractivity contribution >= 4 is 11.8 Å². The van der Waals surface area contributed by atoms with Crippen molar-refractivity contribution in [2.24, 2.45) is 5.73 Å². The number of piperidine rings is 1. The van der Waals surface area contributed by atoms with Crippen LogP contribution < -0.4 is 11.1 Å². The van der Waals surface area contributed by atoms with Gasteiger partial charge in [0.25, 0.3) is 0 Å². The molecule has 1 heterocycles. The zero-order valence-electron chi connectivity index (χ0n) is 12.5. The number of nitrogens with one attached hydrogen (secondary N) is 1. The lowest BCUT2D eigenvalue weighted by atomic mass is 9.80. The average Bonchev–Trinajstić information content (AvgIpc) is 2.39. The van der Waals surface area contributed by atoms with Crippen LogP contribution in [0.3, 0.4) is 0 Å². The Labute approximate surface area is 121 Å². The van der Waals surface area contributed by atoms with Gasteiger partial charge in [-0.25, -0.2) is 0 Å². The van der Waals surface area contributed by atoms with Gasteiger partial charge >= 0.3 is 0 Å². The quantitative estimate of drug-likeness (QED) is 0.815. The molecule has 5 nitrogen and oxygen atoms in total. The Balaban J connectivity index is 1.78. The van der Waals surface area contributed by atoms with E-state index in [0.29, 0.717) is 6.42 Å². The minimum absolute atomic E-state index is 0.0119. The van der Waals surface area contributed by atoms with Crippen molar-refractivity contribution in [3.05, 3.63) is 0 Å². The van der Waals surface area contributed by atoms with E-state index >= 15 is 0 Å². The molecule has 0 aromatic carbocycles. The van der Waals surface area contributed by atoms with Crippen molar-refractivity contribution in [1.29, 1.82) is 0 Å². The van der Waals surface area contributed by atoms with E-state index < -0.39 is 0 Å². The van der Waals surface area contributed by atoms with Crippen LogP contribution >= 0.6 is 0 Å². The largest absolute Gasteiger partial charge is 0.353 e. The number of hydrogen-bond donors (Lipinski definition) is 2. The van der Waals surface area contributed by atoms with Gasteiger partial charge in [0, 0.05) is 38.0 Å². The van der Waals surface area contributed by atoms with Crippen LogP contribution in [0.1, 0.15) is 58.3 Å². The van der Waals surface area contributed by atoms with Crippen molar-refractivity contribution in [2.75, 3.05) is 13.1 Å². The second kappa shape index (κ2) is 6.57. The summed E-state index contributed by atoms with van der Waals surface area (Å²) < 4.78 is 0. The van der Waals surface area contributed by atoms with E-state index in [1.54, 1.807) is 6.92 Å². The summed E-state index contributed by atoms with van der Waals surface area (Å²) in [7, 11) is 0. The zero-order valence-corrected chi connectivity index (χ0v) is 12.5. The van der Waals surface area contributed by atoms with Gasteiger partial charge in [-0.2, -0.15) is 0 Å². The van der Waals surface area contributed by atoms with Crippen LogP contribution in [0.25, 0.3) is 0 Å². The van der Waals surface area contributed by atoms with E-state index in [-0.39, 0.29) is 23.4 Å². The molecule has 2 rings (SSSR count). The van der Waals surface area contributed by atoms with Gasteiger partial charge in [-0.3, -0.25) is 9.59 Å². The van der Waals surface area contributed by atoms with Crippen LogP contribution in [0.5, 0.6) is 0 Å². The van der Waals surface area contributed by atoms with Crippen LogP contribution in [0.4, 0.5) is 0 Å². The monoisotopic (exact) mass is 281 g/mol. The molecule has 0 unspecified atom stereocenters. The SMILES string of the molecule is CC(=O)NC1CCN(C(=O)CC2(N)CCCCC2)CC1. The number of nitrogens with zero attached hydrogens (tertiary/aromatic N) is 1. The molecule has 20 heavy (non-hydrogen) atoms. The number of amides is 2. The van der Waals surface area contributed by atoms with E-state index in [4.69, 9.17) is 5.73 Å². The molecule has 0 aromatic heterocycles. The fourth-order valence-corrected chi connectivity index (χ4v) is 3.41. The number of likely N-dealkylation sites (tertiary alicyclic amines) is 1. The van der Waals surface area contributed by atoms with Crippen molar-refractivity contribution in [1.82, 2.24) is 10.2 Å². The Morgan fingerprint density at radius 1 is 1.20 bits per heavy atom. The van der Waals surface area contributed by atoms with Crippen molar-refractivity contribution in [3.63, 3.8) is 0 Å². The Kier molecular flexibility index (Phi) is 5.02. The molecule has 2 amide bonds. The number of nitrogens with two attached hydrogens (primary N) is 1. The second-order valence-corrected chi connectivity index (χ2v) is 6.46. The van der Waals surface area contributed by atoms with E-state index in [2.05, 4.69) is 5.32 Å². The molecule has 1 saturated carbocycles. The maximum Gasteiger partial charge on any atom is 0.224 e. The molecule has 1 saturated heterocycles. The predicted molar refractivity (Wildman–Crippen MR) is 78.0 cm³/mol. The molecule has 1 aliphatic heterocycles. The van der Waals surface area contributed by atoms with Crippen LogP contribution in [0.2, 0.25) is 0 Å². The first-order valence-electron chi connectivity index (χ1n) is 7.82. The molecule has 1 aliphatic carbocycles. The molecular weight excluding hydrogens is 254 g/mol. The van der Waals surface area contributed by atoms with Gasteiger partial charge in [-0.05, 0) is 25.7 Å². The van der Waals surface area contributed by atoms with Gasteiger partial charge in [0.1, 0.15) is 0 Å². The highest BCUT2D eigenvalue weighted by molar-refractivity contribution is 5.77. The van der Waals surface area contributed by atoms with Gasteiger partial charge in [0.15, 0.2) is 0 Å². The Morgan fingerprint density at radius 3 is 2.35 bits per heavy atom. The van der Waals surface area contributed by atoms with Gasteiger partial charge in [0.05, 0.1) is 0 Å². The molecule has 2 aliphatic rings. The summed E-state index contributed by atoms with van der Waals surface area (Å²) >= 11 is 0. The molecular formula is C15H27N3O2. The van der Waals surface area contributed by atoms with E-state index in [1.165, 1.54) is 6.42 Å². The lowest BCUT2D eigenvalue weighted by Crippen LogP contribution is -2.50.